The fraction of sp³-hybridized carbons (Fsp3) is 1.00. The molecule has 0 aromatic carbocycles. The Morgan fingerprint density at radius 3 is 2.33 bits per heavy atom. The number of nitrogens with one attached hydrogen (secondary N) is 1. The average Bonchev–Trinajstić information content (AvgIpc) is 2.23. The van der Waals surface area contributed by atoms with Gasteiger partial charge in [-0.05, 0) is 52.4 Å². The third-order valence-electron chi connectivity index (χ3n) is 2.90. The first kappa shape index (κ1) is 14.9. The minimum atomic E-state index is 0.691. The maximum Gasteiger partial charge on any atom is 0.00386 e. The molecule has 0 rings (SSSR count). The first-order chi connectivity index (χ1) is 7.24. The molecule has 92 valence electrons. The molecule has 0 aliphatic heterocycles. The van der Waals surface area contributed by atoms with Gasteiger partial charge in [0.25, 0.3) is 0 Å². The van der Waals surface area contributed by atoms with Gasteiger partial charge in [0.05, 0.1) is 0 Å². The summed E-state index contributed by atoms with van der Waals surface area (Å²) < 4.78 is 0. The summed E-state index contributed by atoms with van der Waals surface area (Å²) in [4.78, 5) is 2.55. The largest absolute Gasteiger partial charge is 0.315 e. The molecule has 1 N–H and O–H groups in total. The summed E-state index contributed by atoms with van der Waals surface area (Å²) >= 11 is 0. The monoisotopic (exact) mass is 214 g/mol. The predicted octanol–water partition coefficient (Wildman–Crippen LogP) is 2.89. The summed E-state index contributed by atoms with van der Waals surface area (Å²) in [5.74, 6) is 0. The molecule has 0 aromatic rings. The van der Waals surface area contributed by atoms with E-state index in [1.807, 2.05) is 0 Å². The van der Waals surface area contributed by atoms with Crippen LogP contribution < -0.4 is 5.32 Å². The van der Waals surface area contributed by atoms with Gasteiger partial charge in [-0.2, -0.15) is 0 Å². The normalized spacial score (nSPS) is 13.4. The van der Waals surface area contributed by atoms with Gasteiger partial charge in [0, 0.05) is 6.04 Å². The smallest absolute Gasteiger partial charge is 0.00386 e. The Labute approximate surface area is 96.4 Å². The van der Waals surface area contributed by atoms with Crippen LogP contribution in [0, 0.1) is 0 Å². The Morgan fingerprint density at radius 1 is 1.07 bits per heavy atom. The van der Waals surface area contributed by atoms with Gasteiger partial charge in [-0.1, -0.05) is 27.2 Å². The molecule has 0 fully saturated rings. The van der Waals surface area contributed by atoms with E-state index in [1.165, 1.54) is 45.3 Å². The highest BCUT2D eigenvalue weighted by Gasteiger charge is 2.02. The molecule has 0 saturated carbocycles. The van der Waals surface area contributed by atoms with Crippen molar-refractivity contribution in [2.45, 2.75) is 59.4 Å². The van der Waals surface area contributed by atoms with Crippen LogP contribution in [0.1, 0.15) is 53.4 Å². The summed E-state index contributed by atoms with van der Waals surface area (Å²) in [6.07, 6.45) is 5.30. The quantitative estimate of drug-likeness (QED) is 0.563. The fourth-order valence-corrected chi connectivity index (χ4v) is 1.98. The van der Waals surface area contributed by atoms with Gasteiger partial charge in [-0.3, -0.25) is 0 Å². The molecular weight excluding hydrogens is 184 g/mol. The molecule has 0 amide bonds. The number of nitrogens with zero attached hydrogens (tertiary/aromatic N) is 1. The molecule has 2 nitrogen and oxygen atoms in total. The lowest BCUT2D eigenvalue weighted by molar-refractivity contribution is 0.279. The van der Waals surface area contributed by atoms with Crippen molar-refractivity contribution in [3.05, 3.63) is 0 Å². The summed E-state index contributed by atoms with van der Waals surface area (Å²) in [6.45, 7) is 13.8. The van der Waals surface area contributed by atoms with Crippen molar-refractivity contribution in [2.24, 2.45) is 0 Å². The van der Waals surface area contributed by atoms with Crippen molar-refractivity contribution < 1.29 is 0 Å². The molecule has 1 atom stereocenters. The third-order valence-corrected chi connectivity index (χ3v) is 2.90. The van der Waals surface area contributed by atoms with Crippen LogP contribution >= 0.6 is 0 Å². The van der Waals surface area contributed by atoms with Gasteiger partial charge in [-0.25, -0.2) is 0 Å². The zero-order chi connectivity index (χ0) is 11.5. The zero-order valence-corrected chi connectivity index (χ0v) is 11.2. The molecule has 0 heterocycles. The SMILES string of the molecule is CCCN(CC)CCCCC(C)NCC. The predicted molar refractivity (Wildman–Crippen MR) is 69.4 cm³/mol. The molecule has 0 aliphatic rings. The van der Waals surface area contributed by atoms with E-state index >= 15 is 0 Å². The minimum absolute atomic E-state index is 0.691. The number of rotatable bonds is 10. The Bertz CT molecular complexity index is 126. The summed E-state index contributed by atoms with van der Waals surface area (Å²) in [7, 11) is 0. The van der Waals surface area contributed by atoms with E-state index in [0.29, 0.717) is 6.04 Å². The lowest BCUT2D eigenvalue weighted by Crippen LogP contribution is -2.27. The topological polar surface area (TPSA) is 15.3 Å². The number of hydrogen-bond acceptors (Lipinski definition) is 2. The van der Waals surface area contributed by atoms with Gasteiger partial charge in [-0.15, -0.1) is 0 Å². The number of unbranched alkanes of at least 4 members (excludes halogenated alkanes) is 1. The summed E-state index contributed by atoms with van der Waals surface area (Å²) in [6, 6.07) is 0.691. The van der Waals surface area contributed by atoms with Gasteiger partial charge in [0.15, 0.2) is 0 Å². The van der Waals surface area contributed by atoms with E-state index in [1.54, 1.807) is 0 Å². The highest BCUT2D eigenvalue weighted by Crippen LogP contribution is 2.02. The van der Waals surface area contributed by atoms with Gasteiger partial charge in [0.2, 0.25) is 0 Å². The van der Waals surface area contributed by atoms with E-state index in [4.69, 9.17) is 0 Å². The van der Waals surface area contributed by atoms with Gasteiger partial charge < -0.3 is 10.2 Å². The van der Waals surface area contributed by atoms with E-state index in [2.05, 4.69) is 37.9 Å². The van der Waals surface area contributed by atoms with E-state index in [-0.39, 0.29) is 0 Å². The van der Waals surface area contributed by atoms with Crippen molar-refractivity contribution in [1.29, 1.82) is 0 Å². The fourth-order valence-electron chi connectivity index (χ4n) is 1.98. The van der Waals surface area contributed by atoms with Crippen LogP contribution in [0.15, 0.2) is 0 Å². The van der Waals surface area contributed by atoms with E-state index < -0.39 is 0 Å². The van der Waals surface area contributed by atoms with Crippen LogP contribution in [0.25, 0.3) is 0 Å². The second-order valence-corrected chi connectivity index (χ2v) is 4.39. The molecule has 15 heavy (non-hydrogen) atoms. The lowest BCUT2D eigenvalue weighted by Gasteiger charge is -2.19. The lowest BCUT2D eigenvalue weighted by atomic mass is 10.1. The molecule has 1 unspecified atom stereocenters. The van der Waals surface area contributed by atoms with E-state index in [0.717, 1.165) is 6.54 Å². The second-order valence-electron chi connectivity index (χ2n) is 4.39. The van der Waals surface area contributed by atoms with Crippen LogP contribution in [-0.4, -0.2) is 37.1 Å². The second kappa shape index (κ2) is 10.4. The molecule has 0 aromatic heterocycles. The molecule has 2 heteroatoms. The van der Waals surface area contributed by atoms with Crippen LogP contribution in [-0.2, 0) is 0 Å². The Balaban J connectivity index is 3.35. The highest BCUT2D eigenvalue weighted by molar-refractivity contribution is 4.61. The van der Waals surface area contributed by atoms with Crippen molar-refractivity contribution in [3.8, 4) is 0 Å². The third kappa shape index (κ3) is 8.88. The highest BCUT2D eigenvalue weighted by atomic mass is 15.1. The summed E-state index contributed by atoms with van der Waals surface area (Å²) in [5, 5.41) is 3.46. The maximum absolute atomic E-state index is 3.46. The first-order valence-electron chi connectivity index (χ1n) is 6.70. The average molecular weight is 214 g/mol. The van der Waals surface area contributed by atoms with Crippen LogP contribution in [0.5, 0.6) is 0 Å². The molecule has 0 bridgehead atoms. The van der Waals surface area contributed by atoms with Crippen molar-refractivity contribution in [2.75, 3.05) is 26.2 Å². The molecule has 0 radical (unpaired) electrons. The zero-order valence-electron chi connectivity index (χ0n) is 11.2. The van der Waals surface area contributed by atoms with Gasteiger partial charge in [0.1, 0.15) is 0 Å². The van der Waals surface area contributed by atoms with Crippen molar-refractivity contribution >= 4 is 0 Å². The standard InChI is InChI=1S/C13H30N2/c1-5-11-15(7-3)12-9-8-10-13(4)14-6-2/h13-14H,5-12H2,1-4H3. The van der Waals surface area contributed by atoms with Crippen LogP contribution in [0.2, 0.25) is 0 Å². The summed E-state index contributed by atoms with van der Waals surface area (Å²) in [5.41, 5.74) is 0. The molecule has 0 saturated heterocycles. The van der Waals surface area contributed by atoms with Crippen LogP contribution in [0.4, 0.5) is 0 Å². The molecule has 0 aliphatic carbocycles. The maximum atomic E-state index is 3.46. The Hall–Kier alpha value is -0.0800. The number of hydrogen-bond donors (Lipinski definition) is 1. The Kier molecular flexibility index (Phi) is 10.4. The van der Waals surface area contributed by atoms with Crippen molar-refractivity contribution in [3.63, 3.8) is 0 Å². The Morgan fingerprint density at radius 2 is 1.80 bits per heavy atom. The molecular formula is C13H30N2. The van der Waals surface area contributed by atoms with E-state index in [9.17, 15) is 0 Å². The first-order valence-corrected chi connectivity index (χ1v) is 6.70. The minimum Gasteiger partial charge on any atom is -0.315 e. The van der Waals surface area contributed by atoms with Gasteiger partial charge >= 0.3 is 0 Å². The van der Waals surface area contributed by atoms with Crippen molar-refractivity contribution in [1.82, 2.24) is 10.2 Å². The molecule has 0 spiro atoms. The van der Waals surface area contributed by atoms with Crippen LogP contribution in [0.3, 0.4) is 0 Å².